The Morgan fingerprint density at radius 1 is 1.19 bits per heavy atom. The summed E-state index contributed by atoms with van der Waals surface area (Å²) in [6.07, 6.45) is 0. The number of alkyl halides is 6. The van der Waals surface area contributed by atoms with Crippen LogP contribution < -0.4 is 0 Å². The summed E-state index contributed by atoms with van der Waals surface area (Å²) in [6, 6.07) is 0. The summed E-state index contributed by atoms with van der Waals surface area (Å²) in [6.45, 7) is -0.309. The fraction of sp³-hybridized carbons (Fsp3) is 1.00. The second-order valence-electron chi connectivity index (χ2n) is 2.56. The Balaban J connectivity index is 4.28. The summed E-state index contributed by atoms with van der Waals surface area (Å²) in [5.74, 6) is 0. The summed E-state index contributed by atoms with van der Waals surface area (Å²) in [7, 11) is -5.83. The first-order valence-corrected chi connectivity index (χ1v) is 5.84. The third-order valence-electron chi connectivity index (χ3n) is 1.08. The van der Waals surface area contributed by atoms with Gasteiger partial charge in [-0.15, -0.1) is 0 Å². The molecule has 11 heteroatoms. The molecule has 0 aliphatic carbocycles. The third kappa shape index (κ3) is 5.80. The van der Waals surface area contributed by atoms with Crippen LogP contribution >= 0.6 is 11.8 Å². The predicted molar refractivity (Wildman–Crippen MR) is 44.0 cm³/mol. The Hall–Kier alpha value is -0.160. The Morgan fingerprint density at radius 2 is 1.62 bits per heavy atom. The highest BCUT2D eigenvalue weighted by Gasteiger charge is 2.47. The molecule has 0 amide bonds. The van der Waals surface area contributed by atoms with Gasteiger partial charge in [0, 0.05) is 5.25 Å². The van der Waals surface area contributed by atoms with Crippen LogP contribution in [0.2, 0.25) is 0 Å². The zero-order chi connectivity index (χ0) is 13.2. The smallest absolute Gasteiger partial charge is 0.262 e. The highest BCUT2D eigenvalue weighted by Crippen LogP contribution is 2.34. The molecular formula is C5H6F6O3S2. The van der Waals surface area contributed by atoms with Crippen molar-refractivity contribution in [1.29, 1.82) is 0 Å². The molecule has 0 aromatic heterocycles. The number of rotatable bonds is 4. The average molecular weight is 292 g/mol. The van der Waals surface area contributed by atoms with E-state index in [0.717, 1.165) is 6.92 Å². The van der Waals surface area contributed by atoms with E-state index in [4.69, 9.17) is 0 Å². The third-order valence-corrected chi connectivity index (χ3v) is 2.90. The van der Waals surface area contributed by atoms with E-state index in [1.54, 1.807) is 0 Å². The van der Waals surface area contributed by atoms with E-state index < -0.39 is 44.8 Å². The van der Waals surface area contributed by atoms with Crippen molar-refractivity contribution in [2.45, 2.75) is 23.2 Å². The van der Waals surface area contributed by atoms with Crippen molar-refractivity contribution < 1.29 is 38.9 Å². The quantitative estimate of drug-likeness (QED) is 0.453. The molecule has 3 nitrogen and oxygen atoms in total. The molecule has 0 rings (SSSR count). The highest BCUT2D eigenvalue weighted by molar-refractivity contribution is 8.00. The van der Waals surface area contributed by atoms with E-state index in [0.29, 0.717) is 0 Å². The molecule has 1 unspecified atom stereocenters. The van der Waals surface area contributed by atoms with Crippen molar-refractivity contribution in [1.82, 2.24) is 0 Å². The Morgan fingerprint density at radius 3 is 1.94 bits per heavy atom. The van der Waals surface area contributed by atoms with Crippen molar-refractivity contribution in [3.05, 3.63) is 0 Å². The van der Waals surface area contributed by atoms with E-state index >= 15 is 0 Å². The molecule has 0 saturated heterocycles. The maximum atomic E-state index is 11.7. The summed E-state index contributed by atoms with van der Waals surface area (Å²) in [5.41, 5.74) is -10.3. The van der Waals surface area contributed by atoms with Crippen LogP contribution in [0.25, 0.3) is 0 Å². The molecule has 16 heavy (non-hydrogen) atoms. The number of hydrogen-bond donors (Lipinski definition) is 0. The minimum atomic E-state index is -5.83. The summed E-state index contributed by atoms with van der Waals surface area (Å²) >= 11 is -0.649. The van der Waals surface area contributed by atoms with Crippen LogP contribution in [0.3, 0.4) is 0 Å². The second kappa shape index (κ2) is 5.00. The molecule has 0 spiro atoms. The molecular weight excluding hydrogens is 286 g/mol. The topological polar surface area (TPSA) is 43.4 Å². The molecule has 1 atom stereocenters. The predicted octanol–water partition coefficient (Wildman–Crippen LogP) is 2.49. The molecule has 0 aliphatic heterocycles. The first-order chi connectivity index (χ1) is 6.85. The van der Waals surface area contributed by atoms with Crippen molar-refractivity contribution in [3.63, 3.8) is 0 Å². The van der Waals surface area contributed by atoms with Gasteiger partial charge in [0.2, 0.25) is 0 Å². The van der Waals surface area contributed by atoms with Crippen molar-refractivity contribution in [2.24, 2.45) is 0 Å². The summed E-state index contributed by atoms with van der Waals surface area (Å²) in [5, 5.41) is -1.46. The zero-order valence-electron chi connectivity index (χ0n) is 7.59. The molecule has 0 aromatic carbocycles. The first-order valence-electron chi connectivity index (χ1n) is 3.55. The van der Waals surface area contributed by atoms with Gasteiger partial charge in [-0.3, -0.25) is 4.18 Å². The van der Waals surface area contributed by atoms with Gasteiger partial charge in [-0.1, -0.05) is 6.92 Å². The minimum Gasteiger partial charge on any atom is -0.262 e. The van der Waals surface area contributed by atoms with Gasteiger partial charge in [-0.25, -0.2) is 0 Å². The molecule has 0 aliphatic rings. The van der Waals surface area contributed by atoms with Crippen LogP contribution in [0.15, 0.2) is 0 Å². The van der Waals surface area contributed by atoms with Gasteiger partial charge in [0.1, 0.15) is 0 Å². The maximum absolute atomic E-state index is 11.7. The van der Waals surface area contributed by atoms with Crippen LogP contribution in [0.1, 0.15) is 6.92 Å². The number of thioether (sulfide) groups is 1. The van der Waals surface area contributed by atoms with Gasteiger partial charge in [0.15, 0.2) is 0 Å². The molecule has 0 N–H and O–H groups in total. The molecule has 98 valence electrons. The van der Waals surface area contributed by atoms with Crippen LogP contribution in [0, 0.1) is 0 Å². The summed E-state index contributed by atoms with van der Waals surface area (Å²) in [4.78, 5) is 0. The van der Waals surface area contributed by atoms with Gasteiger partial charge in [0.25, 0.3) is 0 Å². The molecule has 0 bridgehead atoms. The van der Waals surface area contributed by atoms with Gasteiger partial charge < -0.3 is 0 Å². The van der Waals surface area contributed by atoms with Crippen molar-refractivity contribution in [2.75, 3.05) is 6.61 Å². The average Bonchev–Trinajstić information content (AvgIpc) is 1.95. The SMILES string of the molecule is CC(COS(=O)(=O)C(F)(F)F)SC(F)(F)F. The lowest BCUT2D eigenvalue weighted by molar-refractivity contribution is -0.0542. The fourth-order valence-corrected chi connectivity index (χ4v) is 1.71. The largest absolute Gasteiger partial charge is 0.523 e. The van der Waals surface area contributed by atoms with Crippen LogP contribution in [-0.2, 0) is 14.3 Å². The van der Waals surface area contributed by atoms with Gasteiger partial charge in [-0.2, -0.15) is 34.8 Å². The Bertz CT molecular complexity index is 318. The highest BCUT2D eigenvalue weighted by atomic mass is 32.2. The normalized spacial score (nSPS) is 16.2. The second-order valence-corrected chi connectivity index (χ2v) is 5.67. The molecule has 0 radical (unpaired) electrons. The lowest BCUT2D eigenvalue weighted by atomic mass is 10.5. The molecule has 0 fully saturated rings. The number of halogens is 6. The first kappa shape index (κ1) is 15.8. The van der Waals surface area contributed by atoms with Gasteiger partial charge in [-0.05, 0) is 11.8 Å². The van der Waals surface area contributed by atoms with E-state index in [9.17, 15) is 34.8 Å². The lowest BCUT2D eigenvalue weighted by Crippen LogP contribution is -2.28. The van der Waals surface area contributed by atoms with E-state index in [1.807, 2.05) is 0 Å². The molecule has 0 saturated carbocycles. The van der Waals surface area contributed by atoms with Crippen LogP contribution in [-0.4, -0.2) is 31.3 Å². The maximum Gasteiger partial charge on any atom is 0.523 e. The molecule has 0 heterocycles. The van der Waals surface area contributed by atoms with Crippen LogP contribution in [0.4, 0.5) is 26.3 Å². The fourth-order valence-electron chi connectivity index (χ4n) is 0.514. The van der Waals surface area contributed by atoms with E-state index in [2.05, 4.69) is 4.18 Å². The van der Waals surface area contributed by atoms with E-state index in [-0.39, 0.29) is 0 Å². The van der Waals surface area contributed by atoms with E-state index in [1.165, 1.54) is 0 Å². The Labute approximate surface area is 91.3 Å². The van der Waals surface area contributed by atoms with Crippen LogP contribution in [0.5, 0.6) is 0 Å². The molecule has 0 aromatic rings. The Kier molecular flexibility index (Phi) is 4.95. The lowest BCUT2D eigenvalue weighted by Gasteiger charge is -2.14. The van der Waals surface area contributed by atoms with Gasteiger partial charge in [0.05, 0.1) is 6.61 Å². The minimum absolute atomic E-state index is 0.649. The monoisotopic (exact) mass is 292 g/mol. The van der Waals surface area contributed by atoms with Crippen molar-refractivity contribution >= 4 is 21.9 Å². The van der Waals surface area contributed by atoms with Gasteiger partial charge >= 0.3 is 21.1 Å². The zero-order valence-corrected chi connectivity index (χ0v) is 9.23. The van der Waals surface area contributed by atoms with Crippen molar-refractivity contribution in [3.8, 4) is 0 Å². The number of hydrogen-bond acceptors (Lipinski definition) is 4. The standard InChI is InChI=1S/C5H6F6O3S2/c1-3(15-4(6,7)8)2-14-16(12,13)5(9,10)11/h3H,2H2,1H3. The summed E-state index contributed by atoms with van der Waals surface area (Å²) < 4.78 is 94.1.